The number of carbonyl (C=O) groups excluding carboxylic acids is 2. The number of benzene rings is 1. The molecule has 0 bridgehead atoms. The first kappa shape index (κ1) is 19.4. The molecule has 25 heavy (non-hydrogen) atoms. The van der Waals surface area contributed by atoms with Crippen molar-refractivity contribution >= 4 is 11.8 Å². The summed E-state index contributed by atoms with van der Waals surface area (Å²) in [6, 6.07) is 9.58. The van der Waals surface area contributed by atoms with E-state index in [1.54, 1.807) is 7.05 Å². The molecule has 1 fully saturated rings. The first-order chi connectivity index (χ1) is 12.0. The smallest absolute Gasteiger partial charge is 0.246 e. The molecule has 3 atom stereocenters. The van der Waals surface area contributed by atoms with Crippen molar-refractivity contribution in [3.05, 3.63) is 35.9 Å². The van der Waals surface area contributed by atoms with E-state index in [0.717, 1.165) is 24.8 Å². The topological polar surface area (TPSA) is 61.4 Å². The molecule has 1 aliphatic carbocycles. The molecule has 138 valence electrons. The molecule has 0 heterocycles. The maximum atomic E-state index is 12.7. The SMILES string of the molecule is CCC(C)C(C)N(CC(=O)NC(C(=O)NC)c1ccccc1)C1CC1. The second-order valence-corrected chi connectivity index (χ2v) is 7.06. The van der Waals surface area contributed by atoms with Gasteiger partial charge < -0.3 is 10.6 Å². The fraction of sp³-hybridized carbons (Fsp3) is 0.600. The van der Waals surface area contributed by atoms with E-state index in [4.69, 9.17) is 0 Å². The van der Waals surface area contributed by atoms with Crippen LogP contribution in [-0.4, -0.2) is 42.4 Å². The zero-order valence-corrected chi connectivity index (χ0v) is 15.8. The summed E-state index contributed by atoms with van der Waals surface area (Å²) in [5.74, 6) is 0.240. The number of carbonyl (C=O) groups is 2. The fourth-order valence-corrected chi connectivity index (χ4v) is 3.14. The van der Waals surface area contributed by atoms with E-state index >= 15 is 0 Å². The minimum absolute atomic E-state index is 0.0977. The van der Waals surface area contributed by atoms with Crippen LogP contribution in [0.15, 0.2) is 30.3 Å². The molecule has 3 unspecified atom stereocenters. The Morgan fingerprint density at radius 1 is 1.20 bits per heavy atom. The van der Waals surface area contributed by atoms with Crippen LogP contribution in [0.3, 0.4) is 0 Å². The maximum absolute atomic E-state index is 12.7. The van der Waals surface area contributed by atoms with Gasteiger partial charge in [-0.15, -0.1) is 0 Å². The van der Waals surface area contributed by atoms with Crippen molar-refractivity contribution in [3.8, 4) is 0 Å². The molecule has 0 saturated heterocycles. The van der Waals surface area contributed by atoms with Crippen LogP contribution in [0, 0.1) is 5.92 Å². The monoisotopic (exact) mass is 345 g/mol. The quantitative estimate of drug-likeness (QED) is 0.723. The van der Waals surface area contributed by atoms with Crippen LogP contribution in [0.1, 0.15) is 51.6 Å². The highest BCUT2D eigenvalue weighted by atomic mass is 16.2. The van der Waals surface area contributed by atoms with Gasteiger partial charge in [-0.05, 0) is 31.2 Å². The first-order valence-electron chi connectivity index (χ1n) is 9.29. The third-order valence-electron chi connectivity index (χ3n) is 5.28. The van der Waals surface area contributed by atoms with Gasteiger partial charge in [0, 0.05) is 19.1 Å². The van der Waals surface area contributed by atoms with Gasteiger partial charge in [-0.2, -0.15) is 0 Å². The van der Waals surface area contributed by atoms with E-state index in [1.807, 2.05) is 30.3 Å². The average molecular weight is 345 g/mol. The van der Waals surface area contributed by atoms with Gasteiger partial charge in [0.1, 0.15) is 6.04 Å². The van der Waals surface area contributed by atoms with Gasteiger partial charge in [0.05, 0.1) is 6.54 Å². The number of amides is 2. The van der Waals surface area contributed by atoms with Gasteiger partial charge in [-0.3, -0.25) is 14.5 Å². The Balaban J connectivity index is 2.05. The average Bonchev–Trinajstić information content (AvgIpc) is 3.48. The molecule has 1 aromatic rings. The second kappa shape index (κ2) is 8.99. The van der Waals surface area contributed by atoms with Crippen LogP contribution in [0.4, 0.5) is 0 Å². The Labute approximate surface area is 151 Å². The summed E-state index contributed by atoms with van der Waals surface area (Å²) in [7, 11) is 1.59. The van der Waals surface area contributed by atoms with Crippen molar-refractivity contribution in [1.29, 1.82) is 0 Å². The van der Waals surface area contributed by atoms with Crippen LogP contribution in [0.2, 0.25) is 0 Å². The number of nitrogens with one attached hydrogen (secondary N) is 2. The van der Waals surface area contributed by atoms with Crippen molar-refractivity contribution in [1.82, 2.24) is 15.5 Å². The Morgan fingerprint density at radius 2 is 1.84 bits per heavy atom. The van der Waals surface area contributed by atoms with Gasteiger partial charge in [0.2, 0.25) is 11.8 Å². The van der Waals surface area contributed by atoms with Crippen molar-refractivity contribution in [2.24, 2.45) is 5.92 Å². The number of hydrogen-bond donors (Lipinski definition) is 2. The van der Waals surface area contributed by atoms with Crippen LogP contribution >= 0.6 is 0 Å². The van der Waals surface area contributed by atoms with Crippen LogP contribution in [0.25, 0.3) is 0 Å². The summed E-state index contributed by atoms with van der Waals surface area (Å²) in [4.78, 5) is 27.2. The first-order valence-corrected chi connectivity index (χ1v) is 9.29. The molecule has 0 aromatic heterocycles. The van der Waals surface area contributed by atoms with E-state index < -0.39 is 6.04 Å². The van der Waals surface area contributed by atoms with Gasteiger partial charge in [0.25, 0.3) is 0 Å². The molecule has 1 aliphatic rings. The Kier molecular flexibility index (Phi) is 7.00. The third kappa shape index (κ3) is 5.30. The molecule has 2 N–H and O–H groups in total. The molecule has 2 rings (SSSR count). The predicted molar refractivity (Wildman–Crippen MR) is 100 cm³/mol. The molecule has 5 heteroatoms. The Morgan fingerprint density at radius 3 is 2.36 bits per heavy atom. The molecular weight excluding hydrogens is 314 g/mol. The molecule has 0 radical (unpaired) electrons. The molecular formula is C20H31N3O2. The van der Waals surface area contributed by atoms with Crippen molar-refractivity contribution in [2.75, 3.05) is 13.6 Å². The standard InChI is InChI=1S/C20H31N3O2/c1-5-14(2)15(3)23(17-11-12-17)13-18(24)22-19(20(25)21-4)16-9-7-6-8-10-16/h6-10,14-15,17,19H,5,11-13H2,1-4H3,(H,21,25)(H,22,24). The van der Waals surface area contributed by atoms with Crippen molar-refractivity contribution in [3.63, 3.8) is 0 Å². The molecule has 5 nitrogen and oxygen atoms in total. The largest absolute Gasteiger partial charge is 0.357 e. The summed E-state index contributed by atoms with van der Waals surface area (Å²) in [6.45, 7) is 6.96. The zero-order chi connectivity index (χ0) is 18.4. The van der Waals surface area contributed by atoms with E-state index in [2.05, 4.69) is 36.3 Å². The van der Waals surface area contributed by atoms with Crippen molar-refractivity contribution in [2.45, 2.75) is 58.2 Å². The predicted octanol–water partition coefficient (Wildman–Crippen LogP) is 2.49. The molecule has 0 spiro atoms. The van der Waals surface area contributed by atoms with Gasteiger partial charge in [-0.1, -0.05) is 50.6 Å². The summed E-state index contributed by atoms with van der Waals surface area (Å²) >= 11 is 0. The fourth-order valence-electron chi connectivity index (χ4n) is 3.14. The normalized spacial score (nSPS) is 17.6. The van der Waals surface area contributed by atoms with E-state index in [1.165, 1.54) is 0 Å². The van der Waals surface area contributed by atoms with Crippen LogP contribution in [-0.2, 0) is 9.59 Å². The Bertz CT molecular complexity index is 572. The van der Waals surface area contributed by atoms with Crippen molar-refractivity contribution < 1.29 is 9.59 Å². The van der Waals surface area contributed by atoms with E-state index in [0.29, 0.717) is 24.5 Å². The Hall–Kier alpha value is -1.88. The summed E-state index contributed by atoms with van der Waals surface area (Å²) in [5.41, 5.74) is 0.795. The summed E-state index contributed by atoms with van der Waals surface area (Å²) in [5, 5.41) is 5.56. The third-order valence-corrected chi connectivity index (χ3v) is 5.28. The lowest BCUT2D eigenvalue weighted by atomic mass is 9.99. The van der Waals surface area contributed by atoms with Crippen LogP contribution in [0.5, 0.6) is 0 Å². The molecule has 1 saturated carbocycles. The van der Waals surface area contributed by atoms with Gasteiger partial charge in [0.15, 0.2) is 0 Å². The number of nitrogens with zero attached hydrogens (tertiary/aromatic N) is 1. The molecule has 1 aromatic carbocycles. The minimum Gasteiger partial charge on any atom is -0.357 e. The maximum Gasteiger partial charge on any atom is 0.246 e. The van der Waals surface area contributed by atoms with Gasteiger partial charge >= 0.3 is 0 Å². The highest BCUT2D eigenvalue weighted by Crippen LogP contribution is 2.31. The van der Waals surface area contributed by atoms with E-state index in [9.17, 15) is 9.59 Å². The van der Waals surface area contributed by atoms with Crippen LogP contribution < -0.4 is 10.6 Å². The minimum atomic E-state index is -0.654. The highest BCUT2D eigenvalue weighted by Gasteiger charge is 2.35. The lowest BCUT2D eigenvalue weighted by molar-refractivity contribution is -0.130. The molecule has 0 aliphatic heterocycles. The second-order valence-electron chi connectivity index (χ2n) is 7.06. The zero-order valence-electron chi connectivity index (χ0n) is 15.8. The number of hydrogen-bond acceptors (Lipinski definition) is 3. The number of rotatable bonds is 9. The summed E-state index contributed by atoms with van der Waals surface area (Å²) in [6.07, 6.45) is 3.41. The van der Waals surface area contributed by atoms with Gasteiger partial charge in [-0.25, -0.2) is 0 Å². The molecule has 2 amide bonds. The van der Waals surface area contributed by atoms with E-state index in [-0.39, 0.29) is 11.8 Å². The summed E-state index contributed by atoms with van der Waals surface area (Å²) < 4.78 is 0. The lowest BCUT2D eigenvalue weighted by Crippen LogP contribution is -2.48. The lowest BCUT2D eigenvalue weighted by Gasteiger charge is -2.33. The highest BCUT2D eigenvalue weighted by molar-refractivity contribution is 5.89. The number of likely N-dealkylation sites (N-methyl/N-ethyl adjacent to an activating group) is 1.